The second-order valence-electron chi connectivity index (χ2n) is 4.76. The van der Waals surface area contributed by atoms with Gasteiger partial charge in [0.2, 0.25) is 0 Å². The molecule has 0 radical (unpaired) electrons. The highest BCUT2D eigenvalue weighted by Crippen LogP contribution is 2.28. The molecule has 4 nitrogen and oxygen atoms in total. The molecule has 0 atom stereocenters. The third-order valence-electron chi connectivity index (χ3n) is 3.42. The van der Waals surface area contributed by atoms with E-state index in [4.69, 9.17) is 21.4 Å². The molecule has 0 spiro atoms. The van der Waals surface area contributed by atoms with Gasteiger partial charge in [0.1, 0.15) is 5.75 Å². The van der Waals surface area contributed by atoms with Crippen LogP contribution in [0.25, 0.3) is 0 Å². The van der Waals surface area contributed by atoms with E-state index >= 15 is 0 Å². The summed E-state index contributed by atoms with van der Waals surface area (Å²) in [6.07, 6.45) is 3.15. The van der Waals surface area contributed by atoms with E-state index in [1.165, 1.54) is 0 Å². The molecular formula is C14H17BrClNO3. The Morgan fingerprint density at radius 2 is 2.25 bits per heavy atom. The topological polar surface area (TPSA) is 49.8 Å². The Morgan fingerprint density at radius 1 is 1.50 bits per heavy atom. The maximum atomic E-state index is 12.2. The second kappa shape index (κ2) is 7.29. The molecule has 1 fully saturated rings. The molecule has 1 saturated carbocycles. The van der Waals surface area contributed by atoms with Gasteiger partial charge in [-0.05, 0) is 37.5 Å². The van der Waals surface area contributed by atoms with Gasteiger partial charge < -0.3 is 14.7 Å². The molecule has 1 N–H and O–H groups in total. The van der Waals surface area contributed by atoms with Crippen LogP contribution in [0.1, 0.15) is 19.3 Å². The lowest BCUT2D eigenvalue weighted by Gasteiger charge is -2.37. The number of ether oxygens (including phenoxy) is 1. The van der Waals surface area contributed by atoms with Crippen molar-refractivity contribution in [3.63, 3.8) is 0 Å². The fourth-order valence-electron chi connectivity index (χ4n) is 2.13. The molecular weight excluding hydrogens is 346 g/mol. The largest absolute Gasteiger partial charge is 0.482 e. The molecule has 1 amide bonds. The Hall–Kier alpha value is -0.780. The zero-order valence-electron chi connectivity index (χ0n) is 11.0. The lowest BCUT2D eigenvalue weighted by molar-refractivity contribution is -0.138. The molecule has 2 rings (SSSR count). The Morgan fingerprint density at radius 3 is 2.80 bits per heavy atom. The second-order valence-corrected chi connectivity index (χ2v) is 6.08. The van der Waals surface area contributed by atoms with Crippen molar-refractivity contribution < 1.29 is 14.6 Å². The van der Waals surface area contributed by atoms with E-state index in [-0.39, 0.29) is 25.2 Å². The Balaban J connectivity index is 1.92. The number of halogens is 2. The summed E-state index contributed by atoms with van der Waals surface area (Å²) in [7, 11) is 0. The predicted molar refractivity (Wildman–Crippen MR) is 81.1 cm³/mol. The maximum Gasteiger partial charge on any atom is 0.260 e. The highest BCUT2D eigenvalue weighted by molar-refractivity contribution is 9.10. The van der Waals surface area contributed by atoms with Crippen molar-refractivity contribution >= 4 is 33.4 Å². The average molecular weight is 363 g/mol. The van der Waals surface area contributed by atoms with E-state index in [0.717, 1.165) is 23.7 Å². The quantitative estimate of drug-likeness (QED) is 0.846. The lowest BCUT2D eigenvalue weighted by Crippen LogP contribution is -2.47. The summed E-state index contributed by atoms with van der Waals surface area (Å²) in [5.74, 6) is 0.378. The van der Waals surface area contributed by atoms with Crippen LogP contribution < -0.4 is 4.74 Å². The number of hydrogen-bond acceptors (Lipinski definition) is 3. The van der Waals surface area contributed by atoms with Gasteiger partial charge >= 0.3 is 0 Å². The summed E-state index contributed by atoms with van der Waals surface area (Å²) < 4.78 is 6.33. The van der Waals surface area contributed by atoms with Crippen molar-refractivity contribution in [2.24, 2.45) is 0 Å². The smallest absolute Gasteiger partial charge is 0.260 e. The molecule has 1 aliphatic carbocycles. The molecule has 0 aliphatic heterocycles. The van der Waals surface area contributed by atoms with E-state index in [1.807, 2.05) is 6.07 Å². The first-order valence-corrected chi connectivity index (χ1v) is 7.77. The van der Waals surface area contributed by atoms with Gasteiger partial charge in [-0.15, -0.1) is 0 Å². The minimum Gasteiger partial charge on any atom is -0.482 e. The fraction of sp³-hybridized carbons (Fsp3) is 0.500. The molecule has 0 bridgehead atoms. The van der Waals surface area contributed by atoms with Gasteiger partial charge in [-0.25, -0.2) is 0 Å². The molecule has 0 unspecified atom stereocenters. The minimum absolute atomic E-state index is 0.0265. The van der Waals surface area contributed by atoms with Crippen molar-refractivity contribution in [3.05, 3.63) is 27.7 Å². The SMILES string of the molecule is O=C(COc1ccc(Br)cc1Cl)N(CCO)C1CCC1. The number of carbonyl (C=O) groups is 1. The van der Waals surface area contributed by atoms with Crippen LogP contribution >= 0.6 is 27.5 Å². The molecule has 0 saturated heterocycles. The van der Waals surface area contributed by atoms with E-state index < -0.39 is 0 Å². The van der Waals surface area contributed by atoms with Crippen LogP contribution in [0.15, 0.2) is 22.7 Å². The standard InChI is InChI=1S/C14H17BrClNO3/c15-10-4-5-13(12(16)8-10)20-9-14(19)17(6-7-18)11-2-1-3-11/h4-5,8,11,18H,1-3,6-7,9H2. The number of rotatable bonds is 6. The number of amides is 1. The summed E-state index contributed by atoms with van der Waals surface area (Å²) >= 11 is 9.35. The van der Waals surface area contributed by atoms with Crippen LogP contribution in [-0.4, -0.2) is 41.7 Å². The van der Waals surface area contributed by atoms with E-state index in [1.54, 1.807) is 17.0 Å². The molecule has 1 aromatic rings. The van der Waals surface area contributed by atoms with Gasteiger partial charge in [0, 0.05) is 17.1 Å². The van der Waals surface area contributed by atoms with E-state index in [9.17, 15) is 4.79 Å². The van der Waals surface area contributed by atoms with Gasteiger partial charge in [-0.1, -0.05) is 27.5 Å². The molecule has 110 valence electrons. The van der Waals surface area contributed by atoms with E-state index in [0.29, 0.717) is 17.3 Å². The molecule has 6 heteroatoms. The molecule has 1 aromatic carbocycles. The summed E-state index contributed by atoms with van der Waals surface area (Å²) in [5.41, 5.74) is 0. The highest BCUT2D eigenvalue weighted by Gasteiger charge is 2.28. The Kier molecular flexibility index (Phi) is 5.69. The lowest BCUT2D eigenvalue weighted by atomic mass is 9.91. The molecule has 0 heterocycles. The van der Waals surface area contributed by atoms with Crippen LogP contribution in [-0.2, 0) is 4.79 Å². The van der Waals surface area contributed by atoms with Crippen molar-refractivity contribution in [1.29, 1.82) is 0 Å². The predicted octanol–water partition coefficient (Wildman–Crippen LogP) is 2.85. The average Bonchev–Trinajstić information content (AvgIpc) is 2.34. The summed E-state index contributed by atoms with van der Waals surface area (Å²) in [6, 6.07) is 5.50. The Bertz CT molecular complexity index is 479. The van der Waals surface area contributed by atoms with Crippen molar-refractivity contribution in [2.75, 3.05) is 19.8 Å². The Labute approximate surface area is 131 Å². The van der Waals surface area contributed by atoms with Crippen molar-refractivity contribution in [2.45, 2.75) is 25.3 Å². The van der Waals surface area contributed by atoms with Gasteiger partial charge in [-0.2, -0.15) is 0 Å². The van der Waals surface area contributed by atoms with Crippen molar-refractivity contribution in [1.82, 2.24) is 4.90 Å². The van der Waals surface area contributed by atoms with Crippen LogP contribution in [0, 0.1) is 0 Å². The van der Waals surface area contributed by atoms with Crippen LogP contribution in [0.5, 0.6) is 5.75 Å². The summed E-state index contributed by atoms with van der Waals surface area (Å²) in [5, 5.41) is 9.52. The number of nitrogens with zero attached hydrogens (tertiary/aromatic N) is 1. The first kappa shape index (κ1) is 15.6. The number of hydrogen-bond donors (Lipinski definition) is 1. The molecule has 1 aliphatic rings. The summed E-state index contributed by atoms with van der Waals surface area (Å²) in [6.45, 7) is 0.278. The number of benzene rings is 1. The first-order valence-electron chi connectivity index (χ1n) is 6.60. The van der Waals surface area contributed by atoms with Gasteiger partial charge in [0.15, 0.2) is 6.61 Å². The van der Waals surface area contributed by atoms with Crippen LogP contribution in [0.4, 0.5) is 0 Å². The molecule has 20 heavy (non-hydrogen) atoms. The fourth-order valence-corrected chi connectivity index (χ4v) is 2.86. The minimum atomic E-state index is -0.109. The third-order valence-corrected chi connectivity index (χ3v) is 4.21. The zero-order valence-corrected chi connectivity index (χ0v) is 13.4. The normalized spacial score (nSPS) is 14.8. The van der Waals surface area contributed by atoms with Crippen LogP contribution in [0.3, 0.4) is 0 Å². The maximum absolute atomic E-state index is 12.2. The van der Waals surface area contributed by atoms with Gasteiger partial charge in [0.05, 0.1) is 11.6 Å². The first-order chi connectivity index (χ1) is 9.61. The third kappa shape index (κ3) is 3.87. The number of carbonyl (C=O) groups excluding carboxylic acids is 1. The van der Waals surface area contributed by atoms with Gasteiger partial charge in [0.25, 0.3) is 5.91 Å². The van der Waals surface area contributed by atoms with Gasteiger partial charge in [-0.3, -0.25) is 4.79 Å². The monoisotopic (exact) mass is 361 g/mol. The highest BCUT2D eigenvalue weighted by atomic mass is 79.9. The number of aliphatic hydroxyl groups is 1. The van der Waals surface area contributed by atoms with Crippen molar-refractivity contribution in [3.8, 4) is 5.75 Å². The molecule has 0 aromatic heterocycles. The zero-order chi connectivity index (χ0) is 14.5. The summed E-state index contributed by atoms with van der Waals surface area (Å²) in [4.78, 5) is 13.9. The van der Waals surface area contributed by atoms with Crippen LogP contribution in [0.2, 0.25) is 5.02 Å². The number of aliphatic hydroxyl groups excluding tert-OH is 1. The van der Waals surface area contributed by atoms with E-state index in [2.05, 4.69) is 15.9 Å².